The van der Waals surface area contributed by atoms with Crippen molar-refractivity contribution in [1.82, 2.24) is 4.90 Å². The lowest BCUT2D eigenvalue weighted by molar-refractivity contribution is 0.248. The minimum Gasteiger partial charge on any atom is -0.292 e. The van der Waals surface area contributed by atoms with Crippen molar-refractivity contribution in [3.63, 3.8) is 0 Å². The van der Waals surface area contributed by atoms with Crippen LogP contribution in [-0.4, -0.2) is 11.4 Å². The van der Waals surface area contributed by atoms with Crippen LogP contribution in [0.3, 0.4) is 0 Å². The Kier molecular flexibility index (Phi) is 4.35. The van der Waals surface area contributed by atoms with E-state index in [1.54, 1.807) is 6.07 Å². The summed E-state index contributed by atoms with van der Waals surface area (Å²) in [6.07, 6.45) is 3.39. The van der Waals surface area contributed by atoms with Gasteiger partial charge in [-0.15, -0.1) is 0 Å². The Morgan fingerprint density at radius 2 is 1.86 bits per heavy atom. The molecule has 1 atom stereocenters. The van der Waals surface area contributed by atoms with Crippen LogP contribution in [0.2, 0.25) is 0 Å². The topological polar surface area (TPSA) is 3.24 Å². The lowest BCUT2D eigenvalue weighted by Crippen LogP contribution is -2.22. The van der Waals surface area contributed by atoms with Gasteiger partial charge in [0.1, 0.15) is 5.82 Å². The number of nitrogens with zero attached hydrogens (tertiary/aromatic N) is 1. The number of hydrogen-bond acceptors (Lipinski definition) is 1. The zero-order chi connectivity index (χ0) is 14.7. The Bertz CT molecular complexity index is 591. The molecular weight excluding hydrogens is 261 g/mol. The highest BCUT2D eigenvalue weighted by atomic mass is 19.1. The summed E-state index contributed by atoms with van der Waals surface area (Å²) >= 11 is 0. The first-order valence-electron chi connectivity index (χ1n) is 7.83. The van der Waals surface area contributed by atoms with Crippen LogP contribution in [-0.2, 0) is 13.0 Å². The first kappa shape index (κ1) is 14.3. The zero-order valence-electron chi connectivity index (χ0n) is 12.6. The van der Waals surface area contributed by atoms with E-state index < -0.39 is 0 Å². The minimum atomic E-state index is -0.133. The predicted molar refractivity (Wildman–Crippen MR) is 84.6 cm³/mol. The molecule has 0 N–H and O–H groups in total. The molecule has 1 fully saturated rings. The van der Waals surface area contributed by atoms with Crippen LogP contribution in [0.5, 0.6) is 0 Å². The van der Waals surface area contributed by atoms with Crippen molar-refractivity contribution < 1.29 is 4.39 Å². The summed E-state index contributed by atoms with van der Waals surface area (Å²) in [5, 5.41) is 0. The van der Waals surface area contributed by atoms with E-state index in [1.165, 1.54) is 23.6 Å². The summed E-state index contributed by atoms with van der Waals surface area (Å²) in [5.74, 6) is -0.133. The minimum absolute atomic E-state index is 0.133. The van der Waals surface area contributed by atoms with Gasteiger partial charge in [-0.3, -0.25) is 4.90 Å². The van der Waals surface area contributed by atoms with Gasteiger partial charge < -0.3 is 0 Å². The molecule has 0 spiro atoms. The van der Waals surface area contributed by atoms with Crippen molar-refractivity contribution in [2.24, 2.45) is 0 Å². The van der Waals surface area contributed by atoms with Crippen LogP contribution >= 0.6 is 0 Å². The van der Waals surface area contributed by atoms with Crippen molar-refractivity contribution >= 4 is 0 Å². The average molecular weight is 283 g/mol. The second-order valence-electron chi connectivity index (χ2n) is 5.85. The third-order valence-corrected chi connectivity index (χ3v) is 4.41. The third kappa shape index (κ3) is 3.33. The smallest absolute Gasteiger partial charge is 0.123 e. The molecule has 1 aliphatic rings. The molecule has 2 heteroatoms. The number of rotatable bonds is 4. The molecule has 2 aromatic carbocycles. The zero-order valence-corrected chi connectivity index (χ0v) is 12.6. The molecule has 2 aromatic rings. The van der Waals surface area contributed by atoms with Gasteiger partial charge >= 0.3 is 0 Å². The molecule has 0 aliphatic carbocycles. The lowest BCUT2D eigenvalue weighted by Gasteiger charge is -2.25. The third-order valence-electron chi connectivity index (χ3n) is 4.41. The summed E-state index contributed by atoms with van der Waals surface area (Å²) in [4.78, 5) is 2.47. The SMILES string of the molecule is CCc1ccc(CN2CCC[C@H]2c2cccc(F)c2)cc1. The molecule has 1 heterocycles. The quantitative estimate of drug-likeness (QED) is 0.784. The highest BCUT2D eigenvalue weighted by molar-refractivity contribution is 5.24. The van der Waals surface area contributed by atoms with Crippen LogP contribution in [0.15, 0.2) is 48.5 Å². The van der Waals surface area contributed by atoms with Crippen LogP contribution in [0.1, 0.15) is 42.5 Å². The van der Waals surface area contributed by atoms with Crippen LogP contribution < -0.4 is 0 Å². The molecule has 110 valence electrons. The number of halogens is 1. The van der Waals surface area contributed by atoms with Crippen molar-refractivity contribution in [2.75, 3.05) is 6.54 Å². The van der Waals surface area contributed by atoms with Gasteiger partial charge in [-0.25, -0.2) is 4.39 Å². The van der Waals surface area contributed by atoms with Crippen molar-refractivity contribution in [3.05, 3.63) is 71.0 Å². The first-order valence-corrected chi connectivity index (χ1v) is 7.83. The first-order chi connectivity index (χ1) is 10.3. The summed E-state index contributed by atoms with van der Waals surface area (Å²) in [6, 6.07) is 16.3. The largest absolute Gasteiger partial charge is 0.292 e. The number of likely N-dealkylation sites (tertiary alicyclic amines) is 1. The molecular formula is C19H22FN. The molecule has 0 saturated carbocycles. The lowest BCUT2D eigenvalue weighted by atomic mass is 10.0. The molecule has 3 rings (SSSR count). The fraction of sp³-hybridized carbons (Fsp3) is 0.368. The van der Waals surface area contributed by atoms with Crippen molar-refractivity contribution in [1.29, 1.82) is 0 Å². The maximum absolute atomic E-state index is 13.4. The Labute approximate surface area is 126 Å². The molecule has 21 heavy (non-hydrogen) atoms. The second-order valence-corrected chi connectivity index (χ2v) is 5.85. The van der Waals surface area contributed by atoms with E-state index in [0.717, 1.165) is 31.5 Å². The maximum atomic E-state index is 13.4. The summed E-state index contributed by atoms with van der Waals surface area (Å²) in [7, 11) is 0. The van der Waals surface area contributed by atoms with Gasteiger partial charge in [0, 0.05) is 12.6 Å². The fourth-order valence-electron chi connectivity index (χ4n) is 3.22. The van der Waals surface area contributed by atoms with Crippen LogP contribution in [0, 0.1) is 5.82 Å². The number of benzene rings is 2. The van der Waals surface area contributed by atoms with E-state index in [1.807, 2.05) is 12.1 Å². The molecule has 0 bridgehead atoms. The van der Waals surface area contributed by atoms with E-state index in [0.29, 0.717) is 6.04 Å². The van der Waals surface area contributed by atoms with Crippen molar-refractivity contribution in [3.8, 4) is 0 Å². The van der Waals surface area contributed by atoms with Gasteiger partial charge in [0.05, 0.1) is 0 Å². The molecule has 0 amide bonds. The Hall–Kier alpha value is -1.67. The molecule has 1 saturated heterocycles. The highest BCUT2D eigenvalue weighted by Crippen LogP contribution is 2.33. The van der Waals surface area contributed by atoms with E-state index in [4.69, 9.17) is 0 Å². The molecule has 1 nitrogen and oxygen atoms in total. The second kappa shape index (κ2) is 6.40. The average Bonchev–Trinajstić information content (AvgIpc) is 2.96. The summed E-state index contributed by atoms with van der Waals surface area (Å²) in [6.45, 7) is 4.22. The Morgan fingerprint density at radius 1 is 1.10 bits per heavy atom. The molecule has 0 unspecified atom stereocenters. The van der Waals surface area contributed by atoms with E-state index in [-0.39, 0.29) is 5.82 Å². The molecule has 1 aliphatic heterocycles. The fourth-order valence-corrected chi connectivity index (χ4v) is 3.22. The predicted octanol–water partition coefficient (Wildman–Crippen LogP) is 4.73. The monoisotopic (exact) mass is 283 g/mol. The van der Waals surface area contributed by atoms with Gasteiger partial charge in [-0.2, -0.15) is 0 Å². The number of aryl methyl sites for hydroxylation is 1. The van der Waals surface area contributed by atoms with Gasteiger partial charge in [0.2, 0.25) is 0 Å². The van der Waals surface area contributed by atoms with Gasteiger partial charge in [0.25, 0.3) is 0 Å². The van der Waals surface area contributed by atoms with E-state index in [9.17, 15) is 4.39 Å². The summed E-state index contributed by atoms with van der Waals surface area (Å²) in [5.41, 5.74) is 3.83. The number of hydrogen-bond donors (Lipinski definition) is 0. The maximum Gasteiger partial charge on any atom is 0.123 e. The highest BCUT2D eigenvalue weighted by Gasteiger charge is 2.26. The van der Waals surface area contributed by atoms with Gasteiger partial charge in [-0.1, -0.05) is 43.3 Å². The Morgan fingerprint density at radius 3 is 2.57 bits per heavy atom. The van der Waals surface area contributed by atoms with Gasteiger partial charge in [-0.05, 0) is 54.6 Å². The normalized spacial score (nSPS) is 19.0. The van der Waals surface area contributed by atoms with Crippen LogP contribution in [0.4, 0.5) is 4.39 Å². The van der Waals surface area contributed by atoms with Gasteiger partial charge in [0.15, 0.2) is 0 Å². The van der Waals surface area contributed by atoms with E-state index >= 15 is 0 Å². The summed E-state index contributed by atoms with van der Waals surface area (Å²) < 4.78 is 13.4. The standard InChI is InChI=1S/C19H22FN/c1-2-15-8-10-16(11-9-15)14-21-12-4-7-19(21)17-5-3-6-18(20)13-17/h3,5-6,8-11,13,19H,2,4,7,12,14H2,1H3/t19-/m0/s1. The molecule has 0 aromatic heterocycles. The van der Waals surface area contributed by atoms with Crippen molar-refractivity contribution in [2.45, 2.75) is 38.8 Å². The van der Waals surface area contributed by atoms with Crippen LogP contribution in [0.25, 0.3) is 0 Å². The molecule has 0 radical (unpaired) electrons. The Balaban J connectivity index is 1.74. The van der Waals surface area contributed by atoms with E-state index in [2.05, 4.69) is 36.1 Å².